The maximum Gasteiger partial charge on any atom is 0.230 e. The Hall–Kier alpha value is -1.03. The molecule has 0 radical (unpaired) electrons. The van der Waals surface area contributed by atoms with Crippen LogP contribution in [0.3, 0.4) is 0 Å². The maximum absolute atomic E-state index is 11.4. The molecule has 15 heavy (non-hydrogen) atoms. The maximum atomic E-state index is 11.4. The molecule has 1 unspecified atom stereocenters. The van der Waals surface area contributed by atoms with Crippen LogP contribution < -0.4 is 5.32 Å². The van der Waals surface area contributed by atoms with E-state index in [-0.39, 0.29) is 11.9 Å². The largest absolute Gasteiger partial charge is 0.353 e. The summed E-state index contributed by atoms with van der Waals surface area (Å²) in [7, 11) is 0. The summed E-state index contributed by atoms with van der Waals surface area (Å²) in [6, 6.07) is 4.07. The van der Waals surface area contributed by atoms with Crippen molar-refractivity contribution in [2.24, 2.45) is 0 Å². The molecule has 3 nitrogen and oxygen atoms in total. The first kappa shape index (κ1) is 12.0. The van der Waals surface area contributed by atoms with Gasteiger partial charge in [0.15, 0.2) is 0 Å². The first-order valence-electron chi connectivity index (χ1n) is 5.04. The molecular weight excluding hydrogens is 208 g/mol. The number of thioether (sulfide) groups is 1. The molecule has 0 fully saturated rings. The van der Waals surface area contributed by atoms with Gasteiger partial charge in [0.25, 0.3) is 0 Å². The number of hydrogen-bond donors (Lipinski definition) is 1. The fraction of sp³-hybridized carbons (Fsp3) is 0.455. The third-order valence-corrected chi connectivity index (χ3v) is 3.05. The van der Waals surface area contributed by atoms with Crippen molar-refractivity contribution >= 4 is 17.7 Å². The van der Waals surface area contributed by atoms with Gasteiger partial charge in [-0.05, 0) is 25.5 Å². The van der Waals surface area contributed by atoms with E-state index in [0.29, 0.717) is 5.75 Å². The highest BCUT2D eigenvalue weighted by atomic mass is 32.2. The molecule has 1 atom stereocenters. The van der Waals surface area contributed by atoms with Crippen LogP contribution in [0.2, 0.25) is 0 Å². The zero-order chi connectivity index (χ0) is 11.1. The van der Waals surface area contributed by atoms with Crippen LogP contribution in [0.25, 0.3) is 0 Å². The molecule has 1 aromatic heterocycles. The molecule has 0 aliphatic carbocycles. The number of nitrogens with zero attached hydrogens (tertiary/aromatic N) is 1. The highest BCUT2D eigenvalue weighted by Gasteiger charge is 2.05. The summed E-state index contributed by atoms with van der Waals surface area (Å²) < 4.78 is 0. The third-order valence-electron chi connectivity index (χ3n) is 2.04. The summed E-state index contributed by atoms with van der Waals surface area (Å²) in [5, 5.41) is 2.92. The number of pyridine rings is 1. The average molecular weight is 224 g/mol. The Balaban J connectivity index is 2.29. The van der Waals surface area contributed by atoms with Gasteiger partial charge < -0.3 is 5.32 Å². The summed E-state index contributed by atoms with van der Waals surface area (Å²) >= 11 is 1.53. The monoisotopic (exact) mass is 224 g/mol. The van der Waals surface area contributed by atoms with Crippen LogP contribution in [-0.2, 0) is 4.79 Å². The van der Waals surface area contributed by atoms with Gasteiger partial charge >= 0.3 is 0 Å². The van der Waals surface area contributed by atoms with E-state index < -0.39 is 0 Å². The van der Waals surface area contributed by atoms with Crippen molar-refractivity contribution < 1.29 is 4.79 Å². The molecule has 0 saturated carbocycles. The highest BCUT2D eigenvalue weighted by Crippen LogP contribution is 2.15. The van der Waals surface area contributed by atoms with Crippen molar-refractivity contribution in [2.45, 2.75) is 31.2 Å². The van der Waals surface area contributed by atoms with Crippen molar-refractivity contribution in [1.29, 1.82) is 0 Å². The molecular formula is C11H16N2OS. The lowest BCUT2D eigenvalue weighted by Gasteiger charge is -2.10. The molecule has 82 valence electrons. The zero-order valence-corrected chi connectivity index (χ0v) is 9.88. The summed E-state index contributed by atoms with van der Waals surface area (Å²) in [6.45, 7) is 4.07. The second-order valence-electron chi connectivity index (χ2n) is 3.35. The molecule has 0 aliphatic rings. The second kappa shape index (κ2) is 6.45. The lowest BCUT2D eigenvalue weighted by Crippen LogP contribution is -2.33. The first-order valence-corrected chi connectivity index (χ1v) is 6.03. The Kier molecular flexibility index (Phi) is 5.18. The predicted octanol–water partition coefficient (Wildman–Crippen LogP) is 2.09. The van der Waals surface area contributed by atoms with Gasteiger partial charge in [-0.3, -0.25) is 9.78 Å². The number of carbonyl (C=O) groups is 1. The first-order chi connectivity index (χ1) is 7.22. The minimum Gasteiger partial charge on any atom is -0.353 e. The predicted molar refractivity (Wildman–Crippen MR) is 62.9 cm³/mol. The molecule has 1 rings (SSSR count). The normalized spacial score (nSPS) is 12.1. The molecule has 1 heterocycles. The minimum atomic E-state index is 0.0890. The summed E-state index contributed by atoms with van der Waals surface area (Å²) in [4.78, 5) is 16.4. The van der Waals surface area contributed by atoms with Crippen LogP contribution in [0.4, 0.5) is 0 Å². The number of aromatic nitrogens is 1. The van der Waals surface area contributed by atoms with Crippen LogP contribution >= 0.6 is 11.8 Å². The van der Waals surface area contributed by atoms with E-state index in [1.807, 2.05) is 19.1 Å². The fourth-order valence-electron chi connectivity index (χ4n) is 1.00. The lowest BCUT2D eigenvalue weighted by molar-refractivity contribution is -0.119. The zero-order valence-electron chi connectivity index (χ0n) is 9.06. The van der Waals surface area contributed by atoms with E-state index in [2.05, 4.69) is 17.2 Å². The van der Waals surface area contributed by atoms with Gasteiger partial charge in [-0.1, -0.05) is 6.92 Å². The second-order valence-corrected chi connectivity index (χ2v) is 4.40. The van der Waals surface area contributed by atoms with Crippen LogP contribution in [0.1, 0.15) is 20.3 Å². The Bertz CT molecular complexity index is 303. The average Bonchev–Trinajstić information content (AvgIpc) is 2.27. The van der Waals surface area contributed by atoms with Gasteiger partial charge in [-0.15, -0.1) is 11.8 Å². The molecule has 1 amide bonds. The smallest absolute Gasteiger partial charge is 0.230 e. The Labute approximate surface area is 94.7 Å². The number of rotatable bonds is 5. The summed E-state index contributed by atoms with van der Waals surface area (Å²) in [5.74, 6) is 0.556. The van der Waals surface area contributed by atoms with Gasteiger partial charge in [0, 0.05) is 23.3 Å². The molecule has 0 bridgehead atoms. The molecule has 0 saturated heterocycles. The summed E-state index contributed by atoms with van der Waals surface area (Å²) in [5.41, 5.74) is 0. The van der Waals surface area contributed by atoms with Crippen molar-refractivity contribution in [3.05, 3.63) is 24.5 Å². The van der Waals surface area contributed by atoms with Gasteiger partial charge in [0.05, 0.1) is 5.75 Å². The van der Waals surface area contributed by atoms with E-state index >= 15 is 0 Å². The Morgan fingerprint density at radius 2 is 2.20 bits per heavy atom. The third kappa shape index (κ3) is 4.83. The Morgan fingerprint density at radius 1 is 1.53 bits per heavy atom. The molecule has 1 N–H and O–H groups in total. The number of hydrogen-bond acceptors (Lipinski definition) is 3. The summed E-state index contributed by atoms with van der Waals surface area (Å²) in [6.07, 6.45) is 4.43. The van der Waals surface area contributed by atoms with Gasteiger partial charge in [0.2, 0.25) is 5.91 Å². The van der Waals surface area contributed by atoms with Crippen LogP contribution in [0.15, 0.2) is 29.4 Å². The van der Waals surface area contributed by atoms with Crippen molar-refractivity contribution in [2.75, 3.05) is 5.75 Å². The topological polar surface area (TPSA) is 42.0 Å². The van der Waals surface area contributed by atoms with Gasteiger partial charge in [0.1, 0.15) is 0 Å². The SMILES string of the molecule is CCC(C)NC(=O)CSc1ccncc1. The molecule has 4 heteroatoms. The van der Waals surface area contributed by atoms with Gasteiger partial charge in [-0.25, -0.2) is 0 Å². The van der Waals surface area contributed by atoms with Gasteiger partial charge in [-0.2, -0.15) is 0 Å². The Morgan fingerprint density at radius 3 is 2.80 bits per heavy atom. The number of amides is 1. The number of nitrogens with one attached hydrogen (secondary N) is 1. The fourth-order valence-corrected chi connectivity index (χ4v) is 1.70. The van der Waals surface area contributed by atoms with Crippen LogP contribution in [0.5, 0.6) is 0 Å². The van der Waals surface area contributed by atoms with Crippen molar-refractivity contribution in [1.82, 2.24) is 10.3 Å². The molecule has 0 aliphatic heterocycles. The van der Waals surface area contributed by atoms with E-state index in [9.17, 15) is 4.79 Å². The van der Waals surface area contributed by atoms with Crippen LogP contribution in [-0.4, -0.2) is 22.7 Å². The molecule has 1 aromatic rings. The molecule has 0 aromatic carbocycles. The van der Waals surface area contributed by atoms with E-state index in [1.165, 1.54) is 11.8 Å². The van der Waals surface area contributed by atoms with E-state index in [0.717, 1.165) is 11.3 Å². The standard InChI is InChI=1S/C11H16N2OS/c1-3-9(2)13-11(14)8-15-10-4-6-12-7-5-10/h4-7,9H,3,8H2,1-2H3,(H,13,14). The van der Waals surface area contributed by atoms with Crippen LogP contribution in [0, 0.1) is 0 Å². The van der Waals surface area contributed by atoms with E-state index in [4.69, 9.17) is 0 Å². The number of carbonyl (C=O) groups excluding carboxylic acids is 1. The highest BCUT2D eigenvalue weighted by molar-refractivity contribution is 8.00. The lowest BCUT2D eigenvalue weighted by atomic mass is 10.3. The minimum absolute atomic E-state index is 0.0890. The molecule has 0 spiro atoms. The van der Waals surface area contributed by atoms with Crippen molar-refractivity contribution in [3.63, 3.8) is 0 Å². The van der Waals surface area contributed by atoms with E-state index in [1.54, 1.807) is 12.4 Å². The van der Waals surface area contributed by atoms with Crippen molar-refractivity contribution in [3.8, 4) is 0 Å². The quantitative estimate of drug-likeness (QED) is 0.779.